The number of aromatic nitrogens is 3. The zero-order chi connectivity index (χ0) is 19.5. The van der Waals surface area contributed by atoms with E-state index in [0.717, 1.165) is 42.1 Å². The van der Waals surface area contributed by atoms with Crippen LogP contribution in [-0.2, 0) is 4.74 Å². The van der Waals surface area contributed by atoms with Gasteiger partial charge in [-0.1, -0.05) is 26.0 Å². The topological polar surface area (TPSA) is 42.7 Å². The van der Waals surface area contributed by atoms with Gasteiger partial charge < -0.3 is 9.64 Å². The Hall–Kier alpha value is -2.14. The molecular formula is C21H26N4O. The summed E-state index contributed by atoms with van der Waals surface area (Å²) in [6, 6.07) is 10.2. The highest BCUT2D eigenvalue weighted by molar-refractivity contribution is 5.79. The number of nitrogens with zero attached hydrogens (tertiary/aromatic N) is 4. The molecule has 3 aromatic rings. The van der Waals surface area contributed by atoms with Gasteiger partial charge in [-0.05, 0) is 48.3 Å². The molecule has 0 bridgehead atoms. The Kier molecular flexibility index (Phi) is 3.35. The lowest BCUT2D eigenvalue weighted by Gasteiger charge is -2.21. The monoisotopic (exact) mass is 352 g/mol. The molecule has 0 radical (unpaired) electrons. The van der Waals surface area contributed by atoms with Gasteiger partial charge in [0.05, 0.1) is 13.8 Å². The molecule has 2 aliphatic rings. The molecule has 3 heterocycles. The van der Waals surface area contributed by atoms with Crippen molar-refractivity contribution in [2.75, 3.05) is 31.2 Å². The number of ether oxygens (including phenoxy) is 1. The first kappa shape index (κ1) is 14.0. The maximum Gasteiger partial charge on any atom is 0.236 e. The molecule has 0 N–H and O–H groups in total. The molecule has 5 rings (SSSR count). The minimum absolute atomic E-state index is 0.123. The van der Waals surface area contributed by atoms with E-state index < -0.39 is 6.56 Å². The quantitative estimate of drug-likeness (QED) is 0.679. The lowest BCUT2D eigenvalue weighted by molar-refractivity contribution is 0.103. The van der Waals surface area contributed by atoms with Crippen LogP contribution in [0.2, 0.25) is 0 Å². The summed E-state index contributed by atoms with van der Waals surface area (Å²) in [5.41, 5.74) is 2.06. The average molecular weight is 352 g/mol. The second kappa shape index (κ2) is 6.23. The molecule has 2 aromatic heterocycles. The lowest BCUT2D eigenvalue weighted by atomic mass is 10.2. The number of fused-ring (bicyclic) bond motifs is 4. The minimum atomic E-state index is -1.52. The molecule has 2 fully saturated rings. The number of imidazole rings is 1. The highest BCUT2D eigenvalue weighted by Crippen LogP contribution is 2.54. The molecular weight excluding hydrogens is 324 g/mol. The summed E-state index contributed by atoms with van der Waals surface area (Å²) in [6.45, 7) is 4.75. The Labute approximate surface area is 156 Å². The Bertz CT molecular complexity index is 1010. The Morgan fingerprint density at radius 2 is 2.00 bits per heavy atom. The van der Waals surface area contributed by atoms with Crippen molar-refractivity contribution in [2.24, 2.45) is 23.7 Å². The zero-order valence-corrected chi connectivity index (χ0v) is 15.3. The maximum absolute atomic E-state index is 7.88. The Balaban J connectivity index is 1.21. The molecule has 5 nitrogen and oxygen atoms in total. The summed E-state index contributed by atoms with van der Waals surface area (Å²) in [6.07, 6.45) is 3.02. The summed E-state index contributed by atoms with van der Waals surface area (Å²) >= 11 is 0. The number of rotatable bonds is 6. The van der Waals surface area contributed by atoms with Crippen LogP contribution in [-0.4, -0.2) is 40.6 Å². The van der Waals surface area contributed by atoms with E-state index in [1.54, 1.807) is 0 Å². The van der Waals surface area contributed by atoms with Gasteiger partial charge in [-0.2, -0.15) is 4.98 Å². The number of hydrogen-bond donors (Lipinski definition) is 0. The minimum Gasteiger partial charge on any atom is -0.381 e. The normalized spacial score (nSPS) is 26.4. The van der Waals surface area contributed by atoms with E-state index in [1.165, 1.54) is 0 Å². The van der Waals surface area contributed by atoms with Gasteiger partial charge in [0.1, 0.15) is 5.82 Å². The molecule has 1 aliphatic heterocycles. The Morgan fingerprint density at radius 3 is 2.81 bits per heavy atom. The fourth-order valence-corrected chi connectivity index (χ4v) is 4.40. The molecule has 0 amide bonds. The molecule has 0 spiro atoms. The lowest BCUT2D eigenvalue weighted by Crippen LogP contribution is -2.25. The van der Waals surface area contributed by atoms with E-state index in [4.69, 9.17) is 12.5 Å². The predicted octanol–water partition coefficient (Wildman–Crippen LogP) is 3.63. The predicted molar refractivity (Wildman–Crippen MR) is 103 cm³/mol. The fourth-order valence-electron chi connectivity index (χ4n) is 4.40. The zero-order valence-electron chi connectivity index (χ0n) is 17.3. The first-order valence-corrected chi connectivity index (χ1v) is 9.57. The van der Waals surface area contributed by atoms with E-state index in [0.29, 0.717) is 24.4 Å². The maximum atomic E-state index is 7.88. The number of anilines is 1. The van der Waals surface area contributed by atoms with Crippen LogP contribution in [0.5, 0.6) is 0 Å². The largest absolute Gasteiger partial charge is 0.381 e. The van der Waals surface area contributed by atoms with Crippen molar-refractivity contribution < 1.29 is 7.48 Å². The molecule has 1 saturated heterocycles. The third kappa shape index (κ3) is 2.75. The number of para-hydroxylation sites is 2. The number of piperidine rings is 1. The fraction of sp³-hybridized carbons (Fsp3) is 0.524. The van der Waals surface area contributed by atoms with Gasteiger partial charge in [0.15, 0.2) is 0 Å². The van der Waals surface area contributed by atoms with Crippen molar-refractivity contribution in [1.29, 1.82) is 0 Å². The van der Waals surface area contributed by atoms with Crippen molar-refractivity contribution in [2.45, 2.75) is 20.3 Å². The molecule has 1 unspecified atom stereocenters. The van der Waals surface area contributed by atoms with E-state index in [9.17, 15) is 0 Å². The first-order chi connectivity index (χ1) is 13.4. The van der Waals surface area contributed by atoms with E-state index in [-0.39, 0.29) is 5.92 Å². The van der Waals surface area contributed by atoms with Crippen molar-refractivity contribution in [3.05, 3.63) is 36.5 Å². The molecule has 1 saturated carbocycles. The van der Waals surface area contributed by atoms with Crippen LogP contribution in [0.25, 0.3) is 16.8 Å². The highest BCUT2D eigenvalue weighted by atomic mass is 16.5. The van der Waals surface area contributed by atoms with Crippen molar-refractivity contribution in [3.63, 3.8) is 0 Å². The molecule has 26 heavy (non-hydrogen) atoms. The molecule has 5 heteroatoms. The molecule has 3 atom stereocenters. The SMILES string of the molecule is [2H]C([2H])(OCCC1[C@H]2CN(c3ccn4c(n3)nc3ccccc34)C[C@@H]12)C(C)C. The van der Waals surface area contributed by atoms with Gasteiger partial charge in [-0.25, -0.2) is 4.98 Å². The molecule has 1 aromatic carbocycles. The molecule has 136 valence electrons. The van der Waals surface area contributed by atoms with Crippen molar-refractivity contribution in [3.8, 4) is 0 Å². The van der Waals surface area contributed by atoms with Crippen LogP contribution in [0.3, 0.4) is 0 Å². The van der Waals surface area contributed by atoms with Gasteiger partial charge in [-0.15, -0.1) is 0 Å². The van der Waals surface area contributed by atoms with Crippen LogP contribution in [0.1, 0.15) is 23.0 Å². The Morgan fingerprint density at radius 1 is 1.19 bits per heavy atom. The van der Waals surface area contributed by atoms with E-state index >= 15 is 0 Å². The summed E-state index contributed by atoms with van der Waals surface area (Å²) < 4.78 is 23.3. The summed E-state index contributed by atoms with van der Waals surface area (Å²) in [5.74, 6) is 3.66. The number of benzene rings is 1. The van der Waals surface area contributed by atoms with Crippen LogP contribution < -0.4 is 4.90 Å². The third-order valence-electron chi connectivity index (χ3n) is 5.73. The van der Waals surface area contributed by atoms with Gasteiger partial charge in [0, 0.05) is 32.5 Å². The average Bonchev–Trinajstić information content (AvgIpc) is 3.03. The van der Waals surface area contributed by atoms with Gasteiger partial charge in [0.2, 0.25) is 5.78 Å². The second-order valence-electron chi connectivity index (χ2n) is 7.86. The van der Waals surface area contributed by atoms with Crippen LogP contribution in [0, 0.1) is 23.7 Å². The summed E-state index contributed by atoms with van der Waals surface area (Å²) in [7, 11) is 0. The van der Waals surface area contributed by atoms with Gasteiger partial charge >= 0.3 is 0 Å². The van der Waals surface area contributed by atoms with Crippen LogP contribution in [0.15, 0.2) is 36.5 Å². The third-order valence-corrected chi connectivity index (χ3v) is 5.73. The standard InChI is InChI=1S/C21H26N4O/c1-14(2)13-26-10-8-15-16-11-24(12-17(15)16)20-7-9-25-19-6-4-3-5-18(19)22-21(25)23-20/h3-7,9,14-17H,8,10-13H2,1-2H3/t15?,16-,17+/i13D2. The van der Waals surface area contributed by atoms with Gasteiger partial charge in [0.25, 0.3) is 0 Å². The van der Waals surface area contributed by atoms with Crippen molar-refractivity contribution >= 4 is 22.6 Å². The first-order valence-electron chi connectivity index (χ1n) is 10.6. The highest BCUT2D eigenvalue weighted by Gasteiger charge is 2.55. The van der Waals surface area contributed by atoms with Crippen LogP contribution in [0.4, 0.5) is 5.82 Å². The van der Waals surface area contributed by atoms with Gasteiger partial charge in [-0.3, -0.25) is 4.40 Å². The van der Waals surface area contributed by atoms with Crippen molar-refractivity contribution in [1.82, 2.24) is 14.4 Å². The van der Waals surface area contributed by atoms with Crippen LogP contribution >= 0.6 is 0 Å². The summed E-state index contributed by atoms with van der Waals surface area (Å²) in [4.78, 5) is 11.8. The summed E-state index contributed by atoms with van der Waals surface area (Å²) in [5, 5.41) is 0. The second-order valence-corrected chi connectivity index (χ2v) is 7.86. The molecule has 1 aliphatic carbocycles. The smallest absolute Gasteiger partial charge is 0.236 e. The number of hydrogen-bond acceptors (Lipinski definition) is 4. The van der Waals surface area contributed by atoms with E-state index in [2.05, 4.69) is 28.2 Å². The van der Waals surface area contributed by atoms with E-state index in [1.807, 2.05) is 36.4 Å².